The van der Waals surface area contributed by atoms with E-state index in [-0.39, 0.29) is 23.6 Å². The average molecular weight is 450 g/mol. The molecule has 4 rings (SSSR count). The van der Waals surface area contributed by atoms with Crippen LogP contribution in [-0.4, -0.2) is 35.8 Å². The standard InChI is InChI=1S/C23H23N5O3S/c24-21(29)16-3-1-11-28(14-16)20-10-9-18(13-25-20)27-22(30)15-5-7-17(8-6-15)26-23(31)19-4-2-12-32-19/h2,4-10,12-13,16H,1,3,11,14H2,(H2,24,29)(H,26,31)(H,27,30). The van der Waals surface area contributed by atoms with Crippen LogP contribution in [0.15, 0.2) is 60.1 Å². The van der Waals surface area contributed by atoms with Crippen LogP contribution in [0.2, 0.25) is 0 Å². The molecule has 0 radical (unpaired) electrons. The van der Waals surface area contributed by atoms with Gasteiger partial charge in [-0.3, -0.25) is 14.4 Å². The van der Waals surface area contributed by atoms with Crippen molar-refractivity contribution in [3.8, 4) is 0 Å². The van der Waals surface area contributed by atoms with Gasteiger partial charge in [-0.25, -0.2) is 4.98 Å². The maximum Gasteiger partial charge on any atom is 0.265 e. The number of rotatable bonds is 6. The van der Waals surface area contributed by atoms with Gasteiger partial charge in [0, 0.05) is 24.3 Å². The summed E-state index contributed by atoms with van der Waals surface area (Å²) in [6.07, 6.45) is 3.28. The molecule has 1 aliphatic heterocycles. The minimum atomic E-state index is -0.282. The van der Waals surface area contributed by atoms with E-state index in [1.54, 1.807) is 42.6 Å². The van der Waals surface area contributed by atoms with E-state index in [0.717, 1.165) is 25.2 Å². The number of amides is 3. The first-order valence-corrected chi connectivity index (χ1v) is 11.1. The van der Waals surface area contributed by atoms with E-state index in [1.807, 2.05) is 22.4 Å². The molecule has 0 saturated carbocycles. The molecule has 1 unspecified atom stereocenters. The number of hydrogen-bond donors (Lipinski definition) is 3. The molecule has 32 heavy (non-hydrogen) atoms. The first-order chi connectivity index (χ1) is 15.5. The predicted octanol–water partition coefficient (Wildman–Crippen LogP) is 3.35. The van der Waals surface area contributed by atoms with E-state index in [0.29, 0.717) is 28.4 Å². The third-order valence-electron chi connectivity index (χ3n) is 5.30. The third kappa shape index (κ3) is 5.12. The van der Waals surface area contributed by atoms with Gasteiger partial charge in [0.2, 0.25) is 5.91 Å². The van der Waals surface area contributed by atoms with Crippen molar-refractivity contribution in [3.05, 3.63) is 70.5 Å². The van der Waals surface area contributed by atoms with Crippen LogP contribution >= 0.6 is 11.3 Å². The van der Waals surface area contributed by atoms with E-state index in [4.69, 9.17) is 5.73 Å². The van der Waals surface area contributed by atoms with E-state index in [2.05, 4.69) is 15.6 Å². The van der Waals surface area contributed by atoms with Crippen LogP contribution in [0.5, 0.6) is 0 Å². The summed E-state index contributed by atoms with van der Waals surface area (Å²) in [5, 5.41) is 7.46. The summed E-state index contributed by atoms with van der Waals surface area (Å²) in [5.41, 5.74) is 7.08. The number of nitrogens with one attached hydrogen (secondary N) is 2. The highest BCUT2D eigenvalue weighted by Gasteiger charge is 2.24. The summed E-state index contributed by atoms with van der Waals surface area (Å²) in [5.74, 6) is -0.153. The van der Waals surface area contributed by atoms with Gasteiger partial charge < -0.3 is 21.3 Å². The molecule has 2 aromatic heterocycles. The largest absolute Gasteiger partial charge is 0.369 e. The Balaban J connectivity index is 1.34. The molecular formula is C23H23N5O3S. The third-order valence-corrected chi connectivity index (χ3v) is 6.17. The summed E-state index contributed by atoms with van der Waals surface area (Å²) >= 11 is 1.37. The van der Waals surface area contributed by atoms with Crippen molar-refractivity contribution >= 4 is 46.3 Å². The van der Waals surface area contributed by atoms with Crippen LogP contribution < -0.4 is 21.3 Å². The Hall–Kier alpha value is -3.72. The first kappa shape index (κ1) is 21.5. The van der Waals surface area contributed by atoms with Crippen LogP contribution in [0.3, 0.4) is 0 Å². The number of aromatic nitrogens is 1. The second kappa shape index (κ2) is 9.61. The number of primary amides is 1. The summed E-state index contributed by atoms with van der Waals surface area (Å²) in [6, 6.07) is 13.9. The van der Waals surface area contributed by atoms with Gasteiger partial charge in [0.25, 0.3) is 11.8 Å². The van der Waals surface area contributed by atoms with Crippen molar-refractivity contribution in [3.63, 3.8) is 0 Å². The normalized spacial score (nSPS) is 15.8. The number of hydrogen-bond acceptors (Lipinski definition) is 6. The minimum absolute atomic E-state index is 0.164. The van der Waals surface area contributed by atoms with Crippen molar-refractivity contribution in [2.24, 2.45) is 11.7 Å². The van der Waals surface area contributed by atoms with Gasteiger partial charge in [0.05, 0.1) is 22.7 Å². The van der Waals surface area contributed by atoms with Gasteiger partial charge in [-0.2, -0.15) is 0 Å². The lowest BCUT2D eigenvalue weighted by Gasteiger charge is -2.32. The molecule has 1 saturated heterocycles. The van der Waals surface area contributed by atoms with Gasteiger partial charge in [-0.15, -0.1) is 11.3 Å². The number of thiophene rings is 1. The Morgan fingerprint density at radius 2 is 1.75 bits per heavy atom. The highest BCUT2D eigenvalue weighted by molar-refractivity contribution is 7.12. The Kier molecular flexibility index (Phi) is 6.46. The predicted molar refractivity (Wildman–Crippen MR) is 125 cm³/mol. The molecule has 0 bridgehead atoms. The zero-order valence-corrected chi connectivity index (χ0v) is 18.1. The Morgan fingerprint density at radius 1 is 1.00 bits per heavy atom. The molecule has 1 aliphatic rings. The van der Waals surface area contributed by atoms with Crippen molar-refractivity contribution in [2.45, 2.75) is 12.8 Å². The minimum Gasteiger partial charge on any atom is -0.369 e. The Bertz CT molecular complexity index is 1100. The first-order valence-electron chi connectivity index (χ1n) is 10.3. The Labute approximate surface area is 189 Å². The smallest absolute Gasteiger partial charge is 0.265 e. The molecule has 0 spiro atoms. The van der Waals surface area contributed by atoms with E-state index >= 15 is 0 Å². The fourth-order valence-corrected chi connectivity index (χ4v) is 4.19. The fraction of sp³-hybridized carbons (Fsp3) is 0.217. The highest BCUT2D eigenvalue weighted by atomic mass is 32.1. The van der Waals surface area contributed by atoms with Gasteiger partial charge in [0.15, 0.2) is 0 Å². The number of benzene rings is 1. The lowest BCUT2D eigenvalue weighted by Crippen LogP contribution is -2.41. The molecule has 0 aliphatic carbocycles. The summed E-state index contributed by atoms with van der Waals surface area (Å²) in [4.78, 5) is 43.2. The molecule has 8 nitrogen and oxygen atoms in total. The van der Waals surface area contributed by atoms with Gasteiger partial charge in [-0.1, -0.05) is 6.07 Å². The molecule has 1 aromatic carbocycles. The summed E-state index contributed by atoms with van der Waals surface area (Å²) in [7, 11) is 0. The molecule has 3 heterocycles. The molecule has 1 atom stereocenters. The van der Waals surface area contributed by atoms with Crippen molar-refractivity contribution in [2.75, 3.05) is 28.6 Å². The molecular weight excluding hydrogens is 426 g/mol. The van der Waals surface area contributed by atoms with Gasteiger partial charge in [0.1, 0.15) is 5.82 Å². The monoisotopic (exact) mass is 449 g/mol. The van der Waals surface area contributed by atoms with E-state index in [9.17, 15) is 14.4 Å². The number of piperidine rings is 1. The second-order valence-electron chi connectivity index (χ2n) is 7.56. The lowest BCUT2D eigenvalue weighted by molar-refractivity contribution is -0.122. The molecule has 4 N–H and O–H groups in total. The van der Waals surface area contributed by atoms with Crippen LogP contribution in [0.25, 0.3) is 0 Å². The van der Waals surface area contributed by atoms with Gasteiger partial charge in [-0.05, 0) is 60.7 Å². The Morgan fingerprint density at radius 3 is 2.41 bits per heavy atom. The van der Waals surface area contributed by atoms with Crippen molar-refractivity contribution in [1.29, 1.82) is 0 Å². The highest BCUT2D eigenvalue weighted by Crippen LogP contribution is 2.23. The molecule has 3 amide bonds. The molecule has 1 fully saturated rings. The number of pyridine rings is 1. The van der Waals surface area contributed by atoms with Crippen LogP contribution in [0.1, 0.15) is 32.9 Å². The van der Waals surface area contributed by atoms with Gasteiger partial charge >= 0.3 is 0 Å². The fourth-order valence-electron chi connectivity index (χ4n) is 3.57. The molecule has 164 valence electrons. The average Bonchev–Trinajstić information content (AvgIpc) is 3.35. The maximum atomic E-state index is 12.6. The number of carbonyl (C=O) groups excluding carboxylic acids is 3. The van der Waals surface area contributed by atoms with Crippen molar-refractivity contribution in [1.82, 2.24) is 4.98 Å². The number of carbonyl (C=O) groups is 3. The molecule has 3 aromatic rings. The zero-order valence-electron chi connectivity index (χ0n) is 17.3. The zero-order chi connectivity index (χ0) is 22.5. The summed E-state index contributed by atoms with van der Waals surface area (Å²) in [6.45, 7) is 1.38. The second-order valence-corrected chi connectivity index (χ2v) is 8.50. The van der Waals surface area contributed by atoms with Crippen LogP contribution in [-0.2, 0) is 4.79 Å². The number of nitrogens with zero attached hydrogens (tertiary/aromatic N) is 2. The SMILES string of the molecule is NC(=O)C1CCCN(c2ccc(NC(=O)c3ccc(NC(=O)c4cccs4)cc3)cn2)C1. The number of nitrogens with two attached hydrogens (primary N) is 1. The van der Waals surface area contributed by atoms with E-state index < -0.39 is 0 Å². The molecule has 9 heteroatoms. The lowest BCUT2D eigenvalue weighted by atomic mass is 9.97. The topological polar surface area (TPSA) is 117 Å². The quantitative estimate of drug-likeness (QED) is 0.533. The van der Waals surface area contributed by atoms with Crippen LogP contribution in [0, 0.1) is 5.92 Å². The number of anilines is 3. The summed E-state index contributed by atoms with van der Waals surface area (Å²) < 4.78 is 0. The maximum absolute atomic E-state index is 12.6. The van der Waals surface area contributed by atoms with E-state index in [1.165, 1.54) is 11.3 Å². The van der Waals surface area contributed by atoms with Crippen molar-refractivity contribution < 1.29 is 14.4 Å². The van der Waals surface area contributed by atoms with Crippen LogP contribution in [0.4, 0.5) is 17.2 Å².